The number of thiazole rings is 1. The number of nitrogens with one attached hydrogen (secondary N) is 1. The fraction of sp³-hybridized carbons (Fsp3) is 0.286. The predicted octanol–water partition coefficient (Wildman–Crippen LogP) is 3.60. The molecule has 0 aliphatic carbocycles. The molecule has 2 aromatic rings. The molecule has 2 rings (SSSR count). The zero-order valence-electron chi connectivity index (χ0n) is 11.4. The van der Waals surface area contributed by atoms with Gasteiger partial charge in [0.15, 0.2) is 5.13 Å². The van der Waals surface area contributed by atoms with Crippen molar-refractivity contribution in [1.82, 2.24) is 4.98 Å². The number of aryl methyl sites for hydroxylation is 3. The highest BCUT2D eigenvalue weighted by molar-refractivity contribution is 7.17. The lowest BCUT2D eigenvalue weighted by molar-refractivity contribution is 0.0605. The Morgan fingerprint density at radius 1 is 1.26 bits per heavy atom. The van der Waals surface area contributed by atoms with Gasteiger partial charge in [-0.3, -0.25) is 0 Å². The molecule has 0 spiro atoms. The second kappa shape index (κ2) is 5.40. The van der Waals surface area contributed by atoms with E-state index in [1.807, 2.05) is 6.07 Å². The van der Waals surface area contributed by atoms with Crippen molar-refractivity contribution >= 4 is 28.1 Å². The van der Waals surface area contributed by atoms with Crippen LogP contribution in [0.3, 0.4) is 0 Å². The minimum atomic E-state index is -0.344. The Labute approximate surface area is 116 Å². The number of anilines is 2. The van der Waals surface area contributed by atoms with Gasteiger partial charge in [0.25, 0.3) is 0 Å². The van der Waals surface area contributed by atoms with E-state index in [1.54, 1.807) is 6.92 Å². The fourth-order valence-corrected chi connectivity index (χ4v) is 2.58. The number of ether oxygens (including phenoxy) is 1. The van der Waals surface area contributed by atoms with Crippen molar-refractivity contribution < 1.29 is 9.53 Å². The smallest absolute Gasteiger partial charge is 0.350 e. The van der Waals surface area contributed by atoms with Crippen LogP contribution in [0.4, 0.5) is 10.8 Å². The topological polar surface area (TPSA) is 51.2 Å². The molecule has 0 aliphatic rings. The number of methoxy groups -OCH3 is 1. The lowest BCUT2D eigenvalue weighted by Gasteiger charge is -2.05. The number of carbonyl (C=O) groups excluding carboxylic acids is 1. The second-order valence-corrected chi connectivity index (χ2v) is 5.35. The van der Waals surface area contributed by atoms with E-state index in [0.717, 1.165) is 5.69 Å². The van der Waals surface area contributed by atoms with Crippen LogP contribution in [0, 0.1) is 20.8 Å². The molecule has 19 heavy (non-hydrogen) atoms. The Balaban J connectivity index is 2.24. The average molecular weight is 276 g/mol. The van der Waals surface area contributed by atoms with E-state index in [0.29, 0.717) is 15.7 Å². The first-order valence-electron chi connectivity index (χ1n) is 5.91. The average Bonchev–Trinajstić information content (AvgIpc) is 2.74. The Kier molecular flexibility index (Phi) is 3.85. The molecule has 4 nitrogen and oxygen atoms in total. The third-order valence-electron chi connectivity index (χ3n) is 2.93. The van der Waals surface area contributed by atoms with Crippen LogP contribution in [0.15, 0.2) is 18.2 Å². The van der Waals surface area contributed by atoms with Crippen LogP contribution < -0.4 is 5.32 Å². The summed E-state index contributed by atoms with van der Waals surface area (Å²) < 4.78 is 4.72. The highest BCUT2D eigenvalue weighted by atomic mass is 32.1. The van der Waals surface area contributed by atoms with E-state index in [9.17, 15) is 4.79 Å². The van der Waals surface area contributed by atoms with Crippen LogP contribution in [0.2, 0.25) is 0 Å². The highest BCUT2D eigenvalue weighted by Gasteiger charge is 2.15. The van der Waals surface area contributed by atoms with E-state index >= 15 is 0 Å². The molecule has 0 atom stereocenters. The Hall–Kier alpha value is -1.88. The van der Waals surface area contributed by atoms with Gasteiger partial charge < -0.3 is 10.1 Å². The summed E-state index contributed by atoms with van der Waals surface area (Å²) in [5.74, 6) is -0.344. The number of carbonyl (C=O) groups is 1. The van der Waals surface area contributed by atoms with Crippen molar-refractivity contribution in [2.24, 2.45) is 0 Å². The van der Waals surface area contributed by atoms with Gasteiger partial charge in [0.2, 0.25) is 0 Å². The Morgan fingerprint density at radius 3 is 2.63 bits per heavy atom. The summed E-state index contributed by atoms with van der Waals surface area (Å²) >= 11 is 1.30. The molecule has 0 saturated heterocycles. The molecular weight excluding hydrogens is 260 g/mol. The van der Waals surface area contributed by atoms with E-state index in [1.165, 1.54) is 29.6 Å². The zero-order valence-corrected chi connectivity index (χ0v) is 12.2. The summed E-state index contributed by atoms with van der Waals surface area (Å²) in [4.78, 5) is 16.4. The molecule has 5 heteroatoms. The van der Waals surface area contributed by atoms with Gasteiger partial charge in [-0.05, 0) is 44.0 Å². The van der Waals surface area contributed by atoms with Crippen LogP contribution in [0.25, 0.3) is 0 Å². The second-order valence-electron chi connectivity index (χ2n) is 4.35. The zero-order chi connectivity index (χ0) is 14.0. The van der Waals surface area contributed by atoms with Crippen molar-refractivity contribution in [3.8, 4) is 0 Å². The van der Waals surface area contributed by atoms with Gasteiger partial charge in [0.1, 0.15) is 4.88 Å². The summed E-state index contributed by atoms with van der Waals surface area (Å²) in [6, 6.07) is 6.11. The van der Waals surface area contributed by atoms with Crippen LogP contribution in [0.5, 0.6) is 0 Å². The Morgan fingerprint density at radius 2 is 2.00 bits per heavy atom. The number of aromatic nitrogens is 1. The minimum Gasteiger partial charge on any atom is -0.465 e. The third kappa shape index (κ3) is 2.93. The van der Waals surface area contributed by atoms with Crippen molar-refractivity contribution in [3.63, 3.8) is 0 Å². The summed E-state index contributed by atoms with van der Waals surface area (Å²) in [6.07, 6.45) is 0. The monoisotopic (exact) mass is 276 g/mol. The summed E-state index contributed by atoms with van der Waals surface area (Å²) in [7, 11) is 1.37. The standard InChI is InChI=1S/C14H16N2O2S/c1-8-5-6-11(7-9(8)2)16-14-15-10(3)12(19-14)13(17)18-4/h5-7H,1-4H3,(H,15,16). The molecule has 0 amide bonds. The van der Waals surface area contributed by atoms with Gasteiger partial charge in [0, 0.05) is 5.69 Å². The maximum Gasteiger partial charge on any atom is 0.350 e. The molecule has 100 valence electrons. The van der Waals surface area contributed by atoms with E-state index in [-0.39, 0.29) is 5.97 Å². The number of hydrogen-bond acceptors (Lipinski definition) is 5. The first kappa shape index (κ1) is 13.5. The SMILES string of the molecule is COC(=O)c1sc(Nc2ccc(C)c(C)c2)nc1C. The van der Waals surface area contributed by atoms with E-state index < -0.39 is 0 Å². The fourth-order valence-electron chi connectivity index (χ4n) is 1.67. The first-order chi connectivity index (χ1) is 9.01. The number of hydrogen-bond donors (Lipinski definition) is 1. The largest absolute Gasteiger partial charge is 0.465 e. The quantitative estimate of drug-likeness (QED) is 0.870. The number of rotatable bonds is 3. The normalized spacial score (nSPS) is 10.3. The maximum absolute atomic E-state index is 11.5. The lowest BCUT2D eigenvalue weighted by Crippen LogP contribution is -1.99. The molecule has 1 N–H and O–H groups in total. The van der Waals surface area contributed by atoms with Crippen molar-refractivity contribution in [2.75, 3.05) is 12.4 Å². The molecule has 0 fully saturated rings. The molecule has 0 unspecified atom stereocenters. The van der Waals surface area contributed by atoms with Gasteiger partial charge >= 0.3 is 5.97 Å². The van der Waals surface area contributed by atoms with Crippen molar-refractivity contribution in [2.45, 2.75) is 20.8 Å². The summed E-state index contributed by atoms with van der Waals surface area (Å²) in [6.45, 7) is 5.93. The van der Waals surface area contributed by atoms with Crippen LogP contribution in [0.1, 0.15) is 26.5 Å². The van der Waals surface area contributed by atoms with Gasteiger partial charge in [-0.2, -0.15) is 0 Å². The maximum atomic E-state index is 11.5. The highest BCUT2D eigenvalue weighted by Crippen LogP contribution is 2.27. The molecular formula is C14H16N2O2S. The van der Waals surface area contributed by atoms with Gasteiger partial charge in [-0.1, -0.05) is 17.4 Å². The summed E-state index contributed by atoms with van der Waals surface area (Å²) in [5, 5.41) is 3.91. The first-order valence-corrected chi connectivity index (χ1v) is 6.73. The third-order valence-corrected chi connectivity index (χ3v) is 3.98. The van der Waals surface area contributed by atoms with Gasteiger partial charge in [-0.25, -0.2) is 9.78 Å². The van der Waals surface area contributed by atoms with Crippen molar-refractivity contribution in [3.05, 3.63) is 39.9 Å². The number of esters is 1. The minimum absolute atomic E-state index is 0.344. The van der Waals surface area contributed by atoms with Gasteiger partial charge in [-0.15, -0.1) is 0 Å². The van der Waals surface area contributed by atoms with Gasteiger partial charge in [0.05, 0.1) is 12.8 Å². The molecule has 1 heterocycles. The molecule has 1 aromatic carbocycles. The number of nitrogens with zero attached hydrogens (tertiary/aromatic N) is 1. The van der Waals surface area contributed by atoms with Crippen LogP contribution in [-0.4, -0.2) is 18.1 Å². The van der Waals surface area contributed by atoms with Crippen LogP contribution in [-0.2, 0) is 4.74 Å². The number of benzene rings is 1. The Bertz CT molecular complexity index is 620. The van der Waals surface area contributed by atoms with E-state index in [2.05, 4.69) is 36.3 Å². The van der Waals surface area contributed by atoms with Crippen LogP contribution >= 0.6 is 11.3 Å². The molecule has 0 bridgehead atoms. The molecule has 0 saturated carbocycles. The van der Waals surface area contributed by atoms with E-state index in [4.69, 9.17) is 4.74 Å². The molecule has 0 aliphatic heterocycles. The van der Waals surface area contributed by atoms with Crippen molar-refractivity contribution in [1.29, 1.82) is 0 Å². The molecule has 1 aromatic heterocycles. The summed E-state index contributed by atoms with van der Waals surface area (Å²) in [5.41, 5.74) is 4.11. The predicted molar refractivity (Wildman–Crippen MR) is 77.4 cm³/mol. The molecule has 0 radical (unpaired) electrons. The lowest BCUT2D eigenvalue weighted by atomic mass is 10.1.